The first-order valence-electron chi connectivity index (χ1n) is 11.0. The van der Waals surface area contributed by atoms with Crippen molar-refractivity contribution in [2.45, 2.75) is 25.3 Å². The van der Waals surface area contributed by atoms with Crippen LogP contribution in [0.3, 0.4) is 0 Å². The Hall–Kier alpha value is -3.31. The van der Waals surface area contributed by atoms with Gasteiger partial charge in [-0.15, -0.1) is 0 Å². The molecule has 0 bridgehead atoms. The first-order valence-corrected chi connectivity index (χ1v) is 13.6. The molecule has 0 amide bonds. The fourth-order valence-electron chi connectivity index (χ4n) is 4.23. The summed E-state index contributed by atoms with van der Waals surface area (Å²) in [5.41, 5.74) is 2.27. The number of pyridine rings is 1. The van der Waals surface area contributed by atoms with E-state index < -0.39 is 27.6 Å². The Kier molecular flexibility index (Phi) is 6.08. The third-order valence-corrected chi connectivity index (χ3v) is 7.88. The molecule has 0 saturated heterocycles. The number of nitrogens with zero attached hydrogens (tertiary/aromatic N) is 3. The number of aromatic carboxylic acids is 1. The van der Waals surface area contributed by atoms with Crippen LogP contribution in [0, 0.1) is 11.6 Å². The van der Waals surface area contributed by atoms with Gasteiger partial charge < -0.3 is 5.11 Å². The summed E-state index contributed by atoms with van der Waals surface area (Å²) in [7, 11) is -3.81. The van der Waals surface area contributed by atoms with Gasteiger partial charge in [-0.3, -0.25) is 4.31 Å². The zero-order chi connectivity index (χ0) is 25.8. The number of rotatable bonds is 7. The molecule has 0 spiro atoms. The molecule has 0 atom stereocenters. The van der Waals surface area contributed by atoms with Crippen molar-refractivity contribution in [2.24, 2.45) is 0 Å². The Morgan fingerprint density at radius 1 is 1.17 bits per heavy atom. The van der Waals surface area contributed by atoms with Crippen molar-refractivity contribution in [2.75, 3.05) is 10.6 Å². The number of anilines is 1. The molecular formula is C25H20BrF2N3O4S. The number of halogens is 3. The van der Waals surface area contributed by atoms with Crippen molar-refractivity contribution in [1.82, 2.24) is 9.61 Å². The van der Waals surface area contributed by atoms with Gasteiger partial charge >= 0.3 is 5.97 Å². The molecule has 2 heterocycles. The predicted molar refractivity (Wildman–Crippen MR) is 135 cm³/mol. The topological polar surface area (TPSA) is 92.0 Å². The van der Waals surface area contributed by atoms with Crippen LogP contribution in [0.25, 0.3) is 16.8 Å². The summed E-state index contributed by atoms with van der Waals surface area (Å²) in [6.45, 7) is -0.119. The van der Waals surface area contributed by atoms with Gasteiger partial charge in [-0.25, -0.2) is 26.5 Å². The number of carboxylic acid groups (broad SMARTS) is 1. The van der Waals surface area contributed by atoms with Gasteiger partial charge in [0.2, 0.25) is 10.0 Å². The fourth-order valence-corrected chi connectivity index (χ4v) is 5.37. The van der Waals surface area contributed by atoms with Gasteiger partial charge in [0, 0.05) is 5.56 Å². The normalized spacial score (nSPS) is 13.8. The number of carbonyl (C=O) groups is 1. The summed E-state index contributed by atoms with van der Waals surface area (Å²) in [4.78, 5) is 12.2. The van der Waals surface area contributed by atoms with Gasteiger partial charge in [0.15, 0.2) is 0 Å². The average Bonchev–Trinajstić information content (AvgIpc) is 3.58. The van der Waals surface area contributed by atoms with Crippen molar-refractivity contribution in [3.8, 4) is 11.3 Å². The van der Waals surface area contributed by atoms with Crippen LogP contribution in [0.2, 0.25) is 0 Å². The molecule has 0 radical (unpaired) electrons. The van der Waals surface area contributed by atoms with Crippen molar-refractivity contribution >= 4 is 43.1 Å². The third-order valence-electron chi connectivity index (χ3n) is 6.11. The van der Waals surface area contributed by atoms with E-state index in [1.165, 1.54) is 51.4 Å². The van der Waals surface area contributed by atoms with Crippen molar-refractivity contribution in [1.29, 1.82) is 0 Å². The van der Waals surface area contributed by atoms with Gasteiger partial charge in [-0.2, -0.15) is 5.10 Å². The lowest BCUT2D eigenvalue weighted by Crippen LogP contribution is -2.30. The van der Waals surface area contributed by atoms with Crippen LogP contribution in [0.5, 0.6) is 0 Å². The molecule has 186 valence electrons. The van der Waals surface area contributed by atoms with E-state index in [2.05, 4.69) is 21.0 Å². The molecule has 7 nitrogen and oxygen atoms in total. The lowest BCUT2D eigenvalue weighted by molar-refractivity contribution is 0.0699. The first kappa shape index (κ1) is 24.4. The fraction of sp³-hybridized carbons (Fsp3) is 0.200. The van der Waals surface area contributed by atoms with E-state index in [1.54, 1.807) is 12.1 Å². The Labute approximate surface area is 214 Å². The summed E-state index contributed by atoms with van der Waals surface area (Å²) in [5.74, 6) is -2.13. The Morgan fingerprint density at radius 3 is 2.44 bits per heavy atom. The van der Waals surface area contributed by atoms with Crippen LogP contribution in [-0.2, 0) is 16.6 Å². The molecule has 36 heavy (non-hydrogen) atoms. The number of sulfonamides is 1. The smallest absolute Gasteiger partial charge is 0.340 e. The third kappa shape index (κ3) is 4.60. The quantitative estimate of drug-likeness (QED) is 0.310. The van der Waals surface area contributed by atoms with E-state index >= 15 is 0 Å². The van der Waals surface area contributed by atoms with Crippen molar-refractivity contribution < 1.29 is 27.1 Å². The average molecular weight is 576 g/mol. The summed E-state index contributed by atoms with van der Waals surface area (Å²) in [6, 6.07) is 11.4. The molecule has 11 heteroatoms. The van der Waals surface area contributed by atoms with Crippen LogP contribution in [-0.4, -0.2) is 35.4 Å². The number of fused-ring (bicyclic) bond motifs is 1. The molecule has 5 rings (SSSR count). The van der Waals surface area contributed by atoms with Crippen LogP contribution in [0.1, 0.15) is 40.2 Å². The molecule has 1 aliphatic carbocycles. The van der Waals surface area contributed by atoms with Crippen LogP contribution in [0.4, 0.5) is 14.5 Å². The molecule has 2 aromatic heterocycles. The molecule has 1 fully saturated rings. The standard InChI is InChI=1S/C25H20BrF2N3O4S/c1-36(34,35)31(12-14-2-9-19(26)20(28)10-14)22-13-30-21(11-18(22)15-3-4-15)23(25(32)33)24(29-30)16-5-7-17(27)8-6-16/h2,5-11,13,15H,3-4,12H2,1H3,(H,32,33). The van der Waals surface area contributed by atoms with Gasteiger partial charge in [0.25, 0.3) is 0 Å². The highest BCUT2D eigenvalue weighted by atomic mass is 79.9. The van der Waals surface area contributed by atoms with Gasteiger partial charge in [-0.05, 0) is 88.3 Å². The molecule has 0 unspecified atom stereocenters. The zero-order valence-corrected chi connectivity index (χ0v) is 21.4. The summed E-state index contributed by atoms with van der Waals surface area (Å²) < 4.78 is 56.2. The first-order chi connectivity index (χ1) is 17.0. The van der Waals surface area contributed by atoms with Crippen LogP contribution in [0.15, 0.2) is 59.2 Å². The number of hydrogen-bond acceptors (Lipinski definition) is 4. The molecular weight excluding hydrogens is 556 g/mol. The molecule has 1 aliphatic rings. The molecule has 2 aromatic carbocycles. The van der Waals surface area contributed by atoms with Gasteiger partial charge in [-0.1, -0.05) is 6.07 Å². The second-order valence-corrected chi connectivity index (χ2v) is 11.5. The minimum absolute atomic E-state index is 0.0571. The van der Waals surface area contributed by atoms with E-state index in [1.807, 2.05) is 0 Å². The van der Waals surface area contributed by atoms with Crippen LogP contribution < -0.4 is 4.31 Å². The van der Waals surface area contributed by atoms with E-state index in [9.17, 15) is 27.1 Å². The highest BCUT2D eigenvalue weighted by Crippen LogP contribution is 2.46. The Bertz CT molecular complexity index is 1620. The lowest BCUT2D eigenvalue weighted by atomic mass is 10.0. The van der Waals surface area contributed by atoms with Crippen molar-refractivity contribution in [3.05, 3.63) is 87.5 Å². The van der Waals surface area contributed by atoms with E-state index in [0.717, 1.165) is 19.1 Å². The summed E-state index contributed by atoms with van der Waals surface area (Å²) in [6.07, 6.45) is 4.22. The minimum atomic E-state index is -3.81. The number of aromatic nitrogens is 2. The highest BCUT2D eigenvalue weighted by Gasteiger charge is 2.33. The van der Waals surface area contributed by atoms with Gasteiger partial charge in [0.1, 0.15) is 22.9 Å². The molecule has 1 saturated carbocycles. The van der Waals surface area contributed by atoms with E-state index in [0.29, 0.717) is 27.9 Å². The minimum Gasteiger partial charge on any atom is -0.478 e. The highest BCUT2D eigenvalue weighted by molar-refractivity contribution is 9.10. The van der Waals surface area contributed by atoms with E-state index in [-0.39, 0.29) is 28.2 Å². The largest absolute Gasteiger partial charge is 0.478 e. The lowest BCUT2D eigenvalue weighted by Gasteiger charge is -2.25. The van der Waals surface area contributed by atoms with Crippen molar-refractivity contribution in [3.63, 3.8) is 0 Å². The Morgan fingerprint density at radius 2 is 1.86 bits per heavy atom. The Balaban J connectivity index is 1.71. The number of hydrogen-bond donors (Lipinski definition) is 1. The number of carboxylic acids is 1. The maximum atomic E-state index is 14.2. The monoisotopic (exact) mass is 575 g/mol. The number of benzene rings is 2. The molecule has 4 aromatic rings. The summed E-state index contributed by atoms with van der Waals surface area (Å²) in [5, 5.41) is 14.4. The second kappa shape index (κ2) is 8.97. The van der Waals surface area contributed by atoms with Crippen LogP contribution >= 0.6 is 15.9 Å². The molecule has 0 aliphatic heterocycles. The maximum absolute atomic E-state index is 14.2. The maximum Gasteiger partial charge on any atom is 0.340 e. The predicted octanol–water partition coefficient (Wildman–Crippen LogP) is 5.58. The second-order valence-electron chi connectivity index (χ2n) is 8.77. The zero-order valence-electron chi connectivity index (χ0n) is 19.0. The molecule has 1 N–H and O–H groups in total. The van der Waals surface area contributed by atoms with E-state index in [4.69, 9.17) is 0 Å². The SMILES string of the molecule is CS(=O)(=O)N(Cc1ccc(Br)c(F)c1)c1cn2nc(-c3ccc(F)cc3)c(C(=O)O)c2cc1C1CC1. The van der Waals surface area contributed by atoms with Gasteiger partial charge in [0.05, 0.1) is 34.7 Å². The summed E-state index contributed by atoms with van der Waals surface area (Å²) >= 11 is 3.10.